The molecule has 0 unspecified atom stereocenters. The van der Waals surface area contributed by atoms with E-state index in [1.807, 2.05) is 26.1 Å². The summed E-state index contributed by atoms with van der Waals surface area (Å²) in [6.45, 7) is 3.44. The smallest absolute Gasteiger partial charge is 0.175 e. The molecule has 0 saturated heterocycles. The fourth-order valence-electron chi connectivity index (χ4n) is 2.12. The number of nitrogens with zero attached hydrogens (tertiary/aromatic N) is 2. The molecule has 2 rings (SSSR count). The highest BCUT2D eigenvalue weighted by Crippen LogP contribution is 2.16. The van der Waals surface area contributed by atoms with Gasteiger partial charge in [-0.2, -0.15) is 0 Å². The van der Waals surface area contributed by atoms with E-state index in [1.54, 1.807) is 30.5 Å². The van der Waals surface area contributed by atoms with Crippen LogP contribution in [0, 0.1) is 6.92 Å². The maximum Gasteiger partial charge on any atom is 0.175 e. The van der Waals surface area contributed by atoms with Crippen molar-refractivity contribution in [1.29, 1.82) is 0 Å². The van der Waals surface area contributed by atoms with Crippen molar-refractivity contribution in [3.63, 3.8) is 0 Å². The zero-order valence-corrected chi connectivity index (χ0v) is 14.5. The van der Waals surface area contributed by atoms with Crippen molar-refractivity contribution >= 4 is 15.7 Å². The number of ether oxygens (including phenoxy) is 1. The number of hydrogen-bond donors (Lipinski definition) is 0. The number of pyridine rings is 1. The Morgan fingerprint density at radius 2 is 1.87 bits per heavy atom. The van der Waals surface area contributed by atoms with Crippen LogP contribution >= 0.6 is 0 Å². The molecule has 1 aromatic carbocycles. The fourth-order valence-corrected chi connectivity index (χ4v) is 2.75. The summed E-state index contributed by atoms with van der Waals surface area (Å²) in [4.78, 5) is 6.72. The highest BCUT2D eigenvalue weighted by molar-refractivity contribution is 7.90. The van der Waals surface area contributed by atoms with Crippen molar-refractivity contribution < 1.29 is 13.2 Å². The molecule has 0 aliphatic heterocycles. The Bertz CT molecular complexity index is 743. The van der Waals surface area contributed by atoms with Crippen LogP contribution in [-0.2, 0) is 9.84 Å². The van der Waals surface area contributed by atoms with Gasteiger partial charge >= 0.3 is 0 Å². The molecule has 1 aromatic heterocycles. The van der Waals surface area contributed by atoms with Crippen LogP contribution in [0.5, 0.6) is 5.75 Å². The summed E-state index contributed by atoms with van der Waals surface area (Å²) in [5.41, 5.74) is 1.18. The van der Waals surface area contributed by atoms with Crippen LogP contribution in [0.3, 0.4) is 0 Å². The summed E-state index contributed by atoms with van der Waals surface area (Å²) in [7, 11) is -1.16. The van der Waals surface area contributed by atoms with Crippen molar-refractivity contribution in [2.75, 3.05) is 31.4 Å². The molecule has 0 aliphatic carbocycles. The zero-order chi connectivity index (χ0) is 16.9. The number of hydrogen-bond acceptors (Lipinski definition) is 5. The second-order valence-corrected chi connectivity index (χ2v) is 7.57. The van der Waals surface area contributed by atoms with Gasteiger partial charge in [-0.15, -0.1) is 0 Å². The van der Waals surface area contributed by atoms with Crippen LogP contribution in [0.25, 0.3) is 0 Å². The van der Waals surface area contributed by atoms with Crippen molar-refractivity contribution in [3.05, 3.63) is 48.2 Å². The van der Waals surface area contributed by atoms with E-state index in [9.17, 15) is 8.42 Å². The standard InChI is InChI=1S/C17H22N2O3S/c1-14-9-10-18-17(13-14)19(2)11-4-12-22-15-5-7-16(8-6-15)23(3,20)21/h5-10,13H,4,11-12H2,1-3H3. The maximum absolute atomic E-state index is 11.4. The predicted molar refractivity (Wildman–Crippen MR) is 91.9 cm³/mol. The van der Waals surface area contributed by atoms with Crippen LogP contribution in [0.1, 0.15) is 12.0 Å². The molecule has 0 bridgehead atoms. The van der Waals surface area contributed by atoms with Gasteiger partial charge in [0, 0.05) is 26.0 Å². The summed E-state index contributed by atoms with van der Waals surface area (Å²) < 4.78 is 28.4. The van der Waals surface area contributed by atoms with Gasteiger partial charge in [-0.25, -0.2) is 13.4 Å². The third-order valence-electron chi connectivity index (χ3n) is 3.45. The van der Waals surface area contributed by atoms with Crippen molar-refractivity contribution in [2.45, 2.75) is 18.2 Å². The Morgan fingerprint density at radius 3 is 2.48 bits per heavy atom. The Morgan fingerprint density at radius 1 is 1.17 bits per heavy atom. The van der Waals surface area contributed by atoms with E-state index in [1.165, 1.54) is 11.8 Å². The molecule has 0 amide bonds. The monoisotopic (exact) mass is 334 g/mol. The van der Waals surface area contributed by atoms with Crippen LogP contribution in [-0.4, -0.2) is 39.9 Å². The van der Waals surface area contributed by atoms with E-state index >= 15 is 0 Å². The third kappa shape index (κ3) is 5.25. The van der Waals surface area contributed by atoms with Gasteiger partial charge in [0.2, 0.25) is 0 Å². The fraction of sp³-hybridized carbons (Fsp3) is 0.353. The molecule has 0 fully saturated rings. The van der Waals surface area contributed by atoms with Crippen molar-refractivity contribution in [2.24, 2.45) is 0 Å². The molecule has 0 aliphatic rings. The topological polar surface area (TPSA) is 59.5 Å². The normalized spacial score (nSPS) is 11.3. The average Bonchev–Trinajstić information content (AvgIpc) is 2.51. The van der Waals surface area contributed by atoms with E-state index in [-0.39, 0.29) is 0 Å². The Balaban J connectivity index is 1.79. The Hall–Kier alpha value is -2.08. The Labute approximate surface area is 137 Å². The molecule has 23 heavy (non-hydrogen) atoms. The number of benzene rings is 1. The molecule has 1 heterocycles. The minimum Gasteiger partial charge on any atom is -0.494 e. The molecule has 5 nitrogen and oxygen atoms in total. The number of rotatable bonds is 7. The summed E-state index contributed by atoms with van der Waals surface area (Å²) in [6.07, 6.45) is 3.85. The molecule has 6 heteroatoms. The lowest BCUT2D eigenvalue weighted by Gasteiger charge is -2.18. The highest BCUT2D eigenvalue weighted by atomic mass is 32.2. The van der Waals surface area contributed by atoms with Gasteiger partial charge in [0.1, 0.15) is 11.6 Å². The van der Waals surface area contributed by atoms with Crippen molar-refractivity contribution in [1.82, 2.24) is 4.98 Å². The Kier molecular flexibility index (Phi) is 5.60. The maximum atomic E-state index is 11.4. The van der Waals surface area contributed by atoms with Gasteiger partial charge in [0.25, 0.3) is 0 Å². The first-order valence-corrected chi connectivity index (χ1v) is 9.32. The largest absolute Gasteiger partial charge is 0.494 e. The molecule has 0 N–H and O–H groups in total. The molecule has 124 valence electrons. The summed E-state index contributed by atoms with van der Waals surface area (Å²) in [5, 5.41) is 0. The van der Waals surface area contributed by atoms with E-state index in [0.717, 1.165) is 18.8 Å². The lowest BCUT2D eigenvalue weighted by atomic mass is 10.3. The van der Waals surface area contributed by atoms with Crippen molar-refractivity contribution in [3.8, 4) is 5.75 Å². The van der Waals surface area contributed by atoms with Gasteiger partial charge in [-0.05, 0) is 55.3 Å². The van der Waals surface area contributed by atoms with Crippen LogP contribution in [0.4, 0.5) is 5.82 Å². The summed E-state index contributed by atoms with van der Waals surface area (Å²) >= 11 is 0. The van der Waals surface area contributed by atoms with E-state index in [0.29, 0.717) is 17.3 Å². The number of aromatic nitrogens is 1. The SMILES string of the molecule is Cc1ccnc(N(C)CCCOc2ccc(S(C)(=O)=O)cc2)c1. The first kappa shape index (κ1) is 17.3. The molecule has 0 atom stereocenters. The number of aryl methyl sites for hydroxylation is 1. The van der Waals surface area contributed by atoms with Crippen LogP contribution in [0.2, 0.25) is 0 Å². The van der Waals surface area contributed by atoms with Gasteiger partial charge < -0.3 is 9.64 Å². The number of sulfone groups is 1. The molecule has 0 spiro atoms. The molecule has 2 aromatic rings. The molecule has 0 saturated carbocycles. The molecular formula is C17H22N2O3S. The van der Waals surface area contributed by atoms with Gasteiger partial charge in [0.05, 0.1) is 11.5 Å². The van der Waals surface area contributed by atoms with Gasteiger partial charge in [-0.3, -0.25) is 0 Å². The van der Waals surface area contributed by atoms with Gasteiger partial charge in [-0.1, -0.05) is 0 Å². The van der Waals surface area contributed by atoms with E-state index in [4.69, 9.17) is 4.74 Å². The average molecular weight is 334 g/mol. The quantitative estimate of drug-likeness (QED) is 0.729. The zero-order valence-electron chi connectivity index (χ0n) is 13.7. The molecule has 0 radical (unpaired) electrons. The minimum atomic E-state index is -3.16. The van der Waals surface area contributed by atoms with E-state index in [2.05, 4.69) is 9.88 Å². The number of anilines is 1. The first-order valence-electron chi connectivity index (χ1n) is 7.43. The molecular weight excluding hydrogens is 312 g/mol. The second-order valence-electron chi connectivity index (χ2n) is 5.56. The predicted octanol–water partition coefficient (Wildman–Crippen LogP) is 2.70. The van der Waals surface area contributed by atoms with Gasteiger partial charge in [0.15, 0.2) is 9.84 Å². The first-order chi connectivity index (χ1) is 10.9. The lowest BCUT2D eigenvalue weighted by molar-refractivity contribution is 0.312. The van der Waals surface area contributed by atoms with Crippen LogP contribution < -0.4 is 9.64 Å². The third-order valence-corrected chi connectivity index (χ3v) is 4.58. The summed E-state index contributed by atoms with van der Waals surface area (Å²) in [5.74, 6) is 1.62. The van der Waals surface area contributed by atoms with E-state index < -0.39 is 9.84 Å². The minimum absolute atomic E-state index is 0.301. The highest BCUT2D eigenvalue weighted by Gasteiger charge is 2.06. The van der Waals surface area contributed by atoms with Crippen LogP contribution in [0.15, 0.2) is 47.5 Å². The second kappa shape index (κ2) is 7.46. The summed E-state index contributed by atoms with van der Waals surface area (Å²) in [6, 6.07) is 10.5. The lowest BCUT2D eigenvalue weighted by Crippen LogP contribution is -2.21.